The first-order valence-electron chi connectivity index (χ1n) is 11.5. The Kier molecular flexibility index (Phi) is 6.11. The summed E-state index contributed by atoms with van der Waals surface area (Å²) >= 11 is 6.52. The number of anilines is 2. The fraction of sp³-hybridized carbons (Fsp3) is 0.269. The van der Waals surface area contributed by atoms with Gasteiger partial charge in [0, 0.05) is 52.5 Å². The van der Waals surface area contributed by atoms with Gasteiger partial charge in [-0.15, -0.1) is 0 Å². The number of fused-ring (bicyclic) bond motifs is 1. The monoisotopic (exact) mass is 474 g/mol. The van der Waals surface area contributed by atoms with Crippen LogP contribution in [0, 0.1) is 6.92 Å². The number of carbonyl (C=O) groups excluding carboxylic acids is 1. The molecule has 1 aliphatic rings. The van der Waals surface area contributed by atoms with Crippen molar-refractivity contribution in [3.05, 3.63) is 71.0 Å². The van der Waals surface area contributed by atoms with Crippen LogP contribution >= 0.6 is 11.6 Å². The van der Waals surface area contributed by atoms with E-state index in [1.165, 1.54) is 0 Å². The summed E-state index contributed by atoms with van der Waals surface area (Å²) in [5.41, 5.74) is 5.41. The third-order valence-electron chi connectivity index (χ3n) is 6.41. The van der Waals surface area contributed by atoms with Crippen LogP contribution in [0.15, 0.2) is 54.7 Å². The van der Waals surface area contributed by atoms with Gasteiger partial charge in [-0.05, 0) is 56.5 Å². The van der Waals surface area contributed by atoms with E-state index in [9.17, 15) is 4.79 Å². The summed E-state index contributed by atoms with van der Waals surface area (Å²) in [7, 11) is 1.86. The fourth-order valence-corrected chi connectivity index (χ4v) is 4.86. The number of nitrogens with zero attached hydrogens (tertiary/aromatic N) is 2. The quantitative estimate of drug-likeness (QED) is 0.300. The lowest BCUT2D eigenvalue weighted by molar-refractivity contribution is 0.0938. The maximum absolute atomic E-state index is 12.6. The Bertz CT molecular complexity index is 1330. The van der Waals surface area contributed by atoms with Crippen LogP contribution in [0.3, 0.4) is 0 Å². The molecule has 1 saturated carbocycles. The number of amides is 1. The molecule has 1 unspecified atom stereocenters. The summed E-state index contributed by atoms with van der Waals surface area (Å²) in [6.45, 7) is 2.03. The van der Waals surface area contributed by atoms with Crippen molar-refractivity contribution >= 4 is 40.0 Å². The number of nitrogens with one attached hydrogen (secondary N) is 4. The third kappa shape index (κ3) is 4.43. The normalized spacial score (nSPS) is 17.6. The second-order valence-electron chi connectivity index (χ2n) is 8.71. The van der Waals surface area contributed by atoms with Crippen molar-refractivity contribution in [3.63, 3.8) is 0 Å². The van der Waals surface area contributed by atoms with Crippen LogP contribution in [-0.4, -0.2) is 40.0 Å². The first-order chi connectivity index (χ1) is 16.5. The average molecular weight is 475 g/mol. The van der Waals surface area contributed by atoms with Crippen LogP contribution in [-0.2, 0) is 0 Å². The number of hydrogen-bond donors (Lipinski definition) is 4. The van der Waals surface area contributed by atoms with E-state index in [0.29, 0.717) is 22.2 Å². The minimum atomic E-state index is -0.0480. The van der Waals surface area contributed by atoms with E-state index in [2.05, 4.69) is 32.0 Å². The van der Waals surface area contributed by atoms with Crippen molar-refractivity contribution in [1.82, 2.24) is 20.3 Å². The zero-order valence-electron chi connectivity index (χ0n) is 19.2. The molecule has 8 heteroatoms. The Morgan fingerprint density at radius 1 is 1.09 bits per heavy atom. The second kappa shape index (κ2) is 9.35. The van der Waals surface area contributed by atoms with Crippen molar-refractivity contribution in [2.24, 2.45) is 0 Å². The Hall–Kier alpha value is -3.58. The molecule has 4 N–H and O–H groups in total. The summed E-state index contributed by atoms with van der Waals surface area (Å²) in [5, 5.41) is 11.3. The highest BCUT2D eigenvalue weighted by Gasteiger charge is 2.27. The number of halogens is 1. The Morgan fingerprint density at radius 3 is 2.65 bits per heavy atom. The minimum Gasteiger partial charge on any atom is -0.388 e. The maximum atomic E-state index is 12.6. The van der Waals surface area contributed by atoms with E-state index in [4.69, 9.17) is 16.6 Å². The first kappa shape index (κ1) is 22.2. The number of carbonyl (C=O) groups is 1. The minimum absolute atomic E-state index is 0.0480. The van der Waals surface area contributed by atoms with E-state index in [1.807, 2.05) is 56.4 Å². The van der Waals surface area contributed by atoms with Gasteiger partial charge in [0.2, 0.25) is 5.95 Å². The average Bonchev–Trinajstić information content (AvgIpc) is 3.43. The van der Waals surface area contributed by atoms with Crippen LogP contribution < -0.4 is 16.0 Å². The van der Waals surface area contributed by atoms with E-state index >= 15 is 0 Å². The van der Waals surface area contributed by atoms with Crippen LogP contribution in [0.25, 0.3) is 22.2 Å². The predicted octanol–water partition coefficient (Wildman–Crippen LogP) is 5.39. The zero-order valence-corrected chi connectivity index (χ0v) is 19.9. The number of benzene rings is 2. The van der Waals surface area contributed by atoms with Crippen molar-refractivity contribution in [2.45, 2.75) is 38.3 Å². The first-order valence-corrected chi connectivity index (χ1v) is 11.8. The highest BCUT2D eigenvalue weighted by molar-refractivity contribution is 6.33. The standard InChI is InChI=1S/C26H27ClN6O/c1-15-23(20-5-3-4-6-22(20)30-15)24-21(27)14-29-26(33-24)32-19-12-11-18(13-19)31-25(34)16-7-9-17(28-2)10-8-16/h3-10,14,18-19,28,30H,11-13H2,1-2H3,(H,31,34)(H,29,32,33)/t18?,19-/m0/s1. The van der Waals surface area contributed by atoms with Crippen molar-refractivity contribution in [3.8, 4) is 11.3 Å². The number of aromatic amines is 1. The molecule has 2 aromatic heterocycles. The third-order valence-corrected chi connectivity index (χ3v) is 6.69. The number of hydrogen-bond acceptors (Lipinski definition) is 5. The SMILES string of the molecule is CNc1ccc(C(=O)NC2CC[C@H](Nc3ncc(Cl)c(-c4c(C)[nH]c5ccccc45)n3)C2)cc1. The van der Waals surface area contributed by atoms with Gasteiger partial charge in [0.1, 0.15) is 0 Å². The molecule has 174 valence electrons. The zero-order chi connectivity index (χ0) is 23.7. The van der Waals surface area contributed by atoms with E-state index < -0.39 is 0 Å². The van der Waals surface area contributed by atoms with Gasteiger partial charge in [0.15, 0.2) is 0 Å². The highest BCUT2D eigenvalue weighted by Crippen LogP contribution is 2.35. The molecule has 0 bridgehead atoms. The van der Waals surface area contributed by atoms with Gasteiger partial charge < -0.3 is 20.9 Å². The number of aromatic nitrogens is 3. The molecule has 34 heavy (non-hydrogen) atoms. The predicted molar refractivity (Wildman–Crippen MR) is 138 cm³/mol. The smallest absolute Gasteiger partial charge is 0.251 e. The van der Waals surface area contributed by atoms with Crippen LogP contribution in [0.2, 0.25) is 5.02 Å². The number of para-hydroxylation sites is 1. The van der Waals surface area contributed by atoms with E-state index in [-0.39, 0.29) is 18.0 Å². The molecule has 2 heterocycles. The molecule has 1 aliphatic carbocycles. The number of rotatable bonds is 6. The summed E-state index contributed by atoms with van der Waals surface area (Å²) in [6.07, 6.45) is 4.29. The van der Waals surface area contributed by atoms with Crippen molar-refractivity contribution in [2.75, 3.05) is 17.7 Å². The number of aryl methyl sites for hydroxylation is 1. The molecule has 0 aliphatic heterocycles. The largest absolute Gasteiger partial charge is 0.388 e. The van der Waals surface area contributed by atoms with Crippen LogP contribution in [0.5, 0.6) is 0 Å². The van der Waals surface area contributed by atoms with Gasteiger partial charge >= 0.3 is 0 Å². The number of H-pyrrole nitrogens is 1. The van der Waals surface area contributed by atoms with E-state index in [0.717, 1.165) is 47.1 Å². The van der Waals surface area contributed by atoms with Gasteiger partial charge in [0.25, 0.3) is 5.91 Å². The molecule has 2 atom stereocenters. The highest BCUT2D eigenvalue weighted by atomic mass is 35.5. The molecule has 0 spiro atoms. The maximum Gasteiger partial charge on any atom is 0.251 e. The summed E-state index contributed by atoms with van der Waals surface area (Å²) < 4.78 is 0. The lowest BCUT2D eigenvalue weighted by Gasteiger charge is -2.15. The summed E-state index contributed by atoms with van der Waals surface area (Å²) in [6, 6.07) is 15.9. The fourth-order valence-electron chi connectivity index (χ4n) is 4.68. The second-order valence-corrected chi connectivity index (χ2v) is 9.12. The van der Waals surface area contributed by atoms with Crippen LogP contribution in [0.1, 0.15) is 35.3 Å². The molecule has 0 saturated heterocycles. The molecule has 0 radical (unpaired) electrons. The molecular formula is C26H27ClN6O. The molecule has 1 amide bonds. The summed E-state index contributed by atoms with van der Waals surface area (Å²) in [4.78, 5) is 25.2. The lowest BCUT2D eigenvalue weighted by Crippen LogP contribution is -2.34. The van der Waals surface area contributed by atoms with Gasteiger partial charge in [-0.25, -0.2) is 9.97 Å². The Morgan fingerprint density at radius 2 is 1.85 bits per heavy atom. The molecule has 5 rings (SSSR count). The van der Waals surface area contributed by atoms with Crippen molar-refractivity contribution in [1.29, 1.82) is 0 Å². The molecule has 7 nitrogen and oxygen atoms in total. The molecular weight excluding hydrogens is 448 g/mol. The van der Waals surface area contributed by atoms with Crippen molar-refractivity contribution < 1.29 is 4.79 Å². The van der Waals surface area contributed by atoms with E-state index in [1.54, 1.807) is 6.20 Å². The molecule has 4 aromatic rings. The van der Waals surface area contributed by atoms with Crippen LogP contribution in [0.4, 0.5) is 11.6 Å². The van der Waals surface area contributed by atoms with Gasteiger partial charge in [-0.3, -0.25) is 4.79 Å². The Balaban J connectivity index is 1.27. The van der Waals surface area contributed by atoms with Gasteiger partial charge in [-0.2, -0.15) is 0 Å². The molecule has 1 fully saturated rings. The Labute approximate surface area is 203 Å². The molecule has 2 aromatic carbocycles. The topological polar surface area (TPSA) is 94.7 Å². The summed E-state index contributed by atoms with van der Waals surface area (Å²) in [5.74, 6) is 0.497. The lowest BCUT2D eigenvalue weighted by atomic mass is 10.1. The van der Waals surface area contributed by atoms with Gasteiger partial charge in [-0.1, -0.05) is 29.8 Å². The van der Waals surface area contributed by atoms with Gasteiger partial charge in [0.05, 0.1) is 16.9 Å².